The zero-order valence-corrected chi connectivity index (χ0v) is 12.0. The fourth-order valence-corrected chi connectivity index (χ4v) is 2.19. The Morgan fingerprint density at radius 3 is 2.22 bits per heavy atom. The van der Waals surface area contributed by atoms with Gasteiger partial charge < -0.3 is 9.67 Å². The number of benzene rings is 1. The van der Waals surface area contributed by atoms with Crippen LogP contribution in [0.4, 0.5) is 26.3 Å². The molecule has 0 radical (unpaired) electrons. The monoisotopic (exact) mass is 358 g/mol. The molecular formula is C13H9ClF6N2O. The van der Waals surface area contributed by atoms with Crippen LogP contribution in [0.25, 0.3) is 0 Å². The Kier molecular flexibility index (Phi) is 4.63. The highest BCUT2D eigenvalue weighted by Gasteiger charge is 2.38. The van der Waals surface area contributed by atoms with Crippen LogP contribution in [0.3, 0.4) is 0 Å². The van der Waals surface area contributed by atoms with Crippen LogP contribution in [-0.2, 0) is 25.5 Å². The number of aromatic nitrogens is 2. The second-order valence-corrected chi connectivity index (χ2v) is 4.99. The van der Waals surface area contributed by atoms with Gasteiger partial charge in [0.1, 0.15) is 0 Å². The average molecular weight is 359 g/mol. The van der Waals surface area contributed by atoms with Gasteiger partial charge in [-0.05, 0) is 29.3 Å². The molecule has 1 aromatic carbocycles. The van der Waals surface area contributed by atoms with Crippen molar-refractivity contribution >= 4 is 11.6 Å². The summed E-state index contributed by atoms with van der Waals surface area (Å²) in [6, 6.07) is 1.38. The fourth-order valence-electron chi connectivity index (χ4n) is 1.97. The highest BCUT2D eigenvalue weighted by atomic mass is 35.5. The van der Waals surface area contributed by atoms with Gasteiger partial charge in [0.25, 0.3) is 0 Å². The second-order valence-electron chi connectivity index (χ2n) is 4.65. The maximum absolute atomic E-state index is 13.0. The van der Waals surface area contributed by atoms with Crippen molar-refractivity contribution in [1.82, 2.24) is 9.55 Å². The molecule has 0 fully saturated rings. The largest absolute Gasteiger partial charge is 0.416 e. The Bertz CT molecular complexity index is 707. The summed E-state index contributed by atoms with van der Waals surface area (Å²) in [5.74, 6) is 0. The topological polar surface area (TPSA) is 38.0 Å². The van der Waals surface area contributed by atoms with E-state index in [1.165, 1.54) is 6.20 Å². The van der Waals surface area contributed by atoms with E-state index in [0.717, 1.165) is 10.6 Å². The SMILES string of the molecule is OCc1cn(Cc2ccc(C(F)(F)F)cc2C(F)(F)F)c(Cl)n1. The lowest BCUT2D eigenvalue weighted by atomic mass is 10.0. The van der Waals surface area contributed by atoms with Crippen molar-refractivity contribution in [2.45, 2.75) is 25.5 Å². The summed E-state index contributed by atoms with van der Waals surface area (Å²) in [4.78, 5) is 3.69. The molecule has 0 saturated heterocycles. The molecule has 0 atom stereocenters. The average Bonchev–Trinajstić information content (AvgIpc) is 2.77. The molecule has 0 aliphatic heterocycles. The van der Waals surface area contributed by atoms with Crippen molar-refractivity contribution in [2.24, 2.45) is 0 Å². The molecule has 0 amide bonds. The standard InChI is InChI=1S/C13H9ClF6N2O/c14-11-21-9(6-23)5-22(11)4-7-1-2-8(12(15,16)17)3-10(7)13(18,19)20/h1-3,5,23H,4,6H2. The molecule has 0 unspecified atom stereocenters. The van der Waals surface area contributed by atoms with Gasteiger partial charge >= 0.3 is 12.4 Å². The summed E-state index contributed by atoms with van der Waals surface area (Å²) in [7, 11) is 0. The Hall–Kier alpha value is -1.74. The van der Waals surface area contributed by atoms with Crippen LogP contribution in [0.15, 0.2) is 24.4 Å². The molecule has 1 heterocycles. The number of halogens is 7. The molecule has 0 bridgehead atoms. The van der Waals surface area contributed by atoms with E-state index in [0.29, 0.717) is 6.07 Å². The number of imidazole rings is 1. The van der Waals surface area contributed by atoms with Crippen molar-refractivity contribution in [3.05, 3.63) is 52.1 Å². The van der Waals surface area contributed by atoms with Crippen LogP contribution < -0.4 is 0 Å². The Morgan fingerprint density at radius 2 is 1.74 bits per heavy atom. The molecule has 0 aliphatic rings. The first kappa shape index (κ1) is 17.6. The van der Waals surface area contributed by atoms with Gasteiger partial charge in [-0.3, -0.25) is 0 Å². The van der Waals surface area contributed by atoms with Crippen LogP contribution in [0.1, 0.15) is 22.4 Å². The fraction of sp³-hybridized carbons (Fsp3) is 0.308. The van der Waals surface area contributed by atoms with Gasteiger partial charge in [-0.15, -0.1) is 0 Å². The smallest absolute Gasteiger partial charge is 0.390 e. The molecule has 126 valence electrons. The van der Waals surface area contributed by atoms with E-state index in [-0.39, 0.29) is 17.0 Å². The van der Waals surface area contributed by atoms with Crippen molar-refractivity contribution in [1.29, 1.82) is 0 Å². The van der Waals surface area contributed by atoms with Crippen molar-refractivity contribution in [3.8, 4) is 0 Å². The van der Waals surface area contributed by atoms with Gasteiger partial charge in [0.15, 0.2) is 0 Å². The summed E-state index contributed by atoms with van der Waals surface area (Å²) in [5.41, 5.74) is -3.05. The van der Waals surface area contributed by atoms with Crippen LogP contribution in [0.2, 0.25) is 5.28 Å². The molecule has 23 heavy (non-hydrogen) atoms. The third-order valence-electron chi connectivity index (χ3n) is 3.02. The number of hydrogen-bond donors (Lipinski definition) is 1. The lowest BCUT2D eigenvalue weighted by Gasteiger charge is -2.16. The molecule has 2 rings (SSSR count). The Morgan fingerprint density at radius 1 is 1.09 bits per heavy atom. The Balaban J connectivity index is 2.47. The van der Waals surface area contributed by atoms with Gasteiger partial charge in [-0.25, -0.2) is 4.98 Å². The predicted octanol–water partition coefficient (Wildman–Crippen LogP) is 4.11. The zero-order valence-electron chi connectivity index (χ0n) is 11.2. The van der Waals surface area contributed by atoms with Crippen LogP contribution in [0.5, 0.6) is 0 Å². The number of alkyl halides is 6. The third-order valence-corrected chi connectivity index (χ3v) is 3.32. The van der Waals surface area contributed by atoms with Crippen molar-refractivity contribution in [3.63, 3.8) is 0 Å². The van der Waals surface area contributed by atoms with Gasteiger partial charge in [-0.2, -0.15) is 26.3 Å². The quantitative estimate of drug-likeness (QED) is 0.838. The van der Waals surface area contributed by atoms with Crippen molar-refractivity contribution < 1.29 is 31.4 Å². The van der Waals surface area contributed by atoms with Crippen molar-refractivity contribution in [2.75, 3.05) is 0 Å². The zero-order chi connectivity index (χ0) is 17.4. The molecule has 2 aromatic rings. The summed E-state index contributed by atoms with van der Waals surface area (Å²) < 4.78 is 78.0. The number of hydrogen-bond acceptors (Lipinski definition) is 2. The predicted molar refractivity (Wildman–Crippen MR) is 68.7 cm³/mol. The van der Waals surface area contributed by atoms with E-state index in [1.807, 2.05) is 0 Å². The molecule has 0 saturated carbocycles. The number of nitrogens with zero attached hydrogens (tertiary/aromatic N) is 2. The highest BCUT2D eigenvalue weighted by Crippen LogP contribution is 2.37. The maximum Gasteiger partial charge on any atom is 0.416 e. The summed E-state index contributed by atoms with van der Waals surface area (Å²) in [6.07, 6.45) is -8.61. The molecule has 3 nitrogen and oxygen atoms in total. The summed E-state index contributed by atoms with van der Waals surface area (Å²) in [5, 5.41) is 8.73. The minimum atomic E-state index is -4.95. The summed E-state index contributed by atoms with van der Waals surface area (Å²) in [6.45, 7) is -0.898. The molecule has 10 heteroatoms. The van der Waals surface area contributed by atoms with E-state index < -0.39 is 42.2 Å². The molecule has 0 spiro atoms. The maximum atomic E-state index is 13.0. The van der Waals surface area contributed by atoms with Gasteiger partial charge in [0.2, 0.25) is 5.28 Å². The Labute approximate surface area is 131 Å². The van der Waals surface area contributed by atoms with E-state index >= 15 is 0 Å². The van der Waals surface area contributed by atoms with Crippen LogP contribution in [-0.4, -0.2) is 14.7 Å². The minimum Gasteiger partial charge on any atom is -0.390 e. The lowest BCUT2D eigenvalue weighted by Crippen LogP contribution is -2.15. The number of aliphatic hydroxyl groups excluding tert-OH is 1. The number of rotatable bonds is 3. The highest BCUT2D eigenvalue weighted by molar-refractivity contribution is 6.28. The van der Waals surface area contributed by atoms with E-state index in [9.17, 15) is 26.3 Å². The number of aliphatic hydroxyl groups is 1. The van der Waals surface area contributed by atoms with Crippen LogP contribution in [0, 0.1) is 0 Å². The first-order valence-corrected chi connectivity index (χ1v) is 6.50. The summed E-state index contributed by atoms with van der Waals surface area (Å²) >= 11 is 5.72. The molecule has 1 aromatic heterocycles. The minimum absolute atomic E-state index is 0.0626. The molecule has 0 aliphatic carbocycles. The molecule has 1 N–H and O–H groups in total. The lowest BCUT2D eigenvalue weighted by molar-refractivity contribution is -0.143. The third kappa shape index (κ3) is 3.97. The second kappa shape index (κ2) is 6.04. The van der Waals surface area contributed by atoms with Gasteiger partial charge in [0, 0.05) is 6.20 Å². The van der Waals surface area contributed by atoms with Gasteiger partial charge in [0.05, 0.1) is 30.0 Å². The normalized spacial score (nSPS) is 12.7. The molecular weight excluding hydrogens is 350 g/mol. The first-order valence-electron chi connectivity index (χ1n) is 6.12. The van der Waals surface area contributed by atoms with E-state index in [4.69, 9.17) is 16.7 Å². The van der Waals surface area contributed by atoms with Crippen LogP contribution >= 0.6 is 11.6 Å². The van der Waals surface area contributed by atoms with Gasteiger partial charge in [-0.1, -0.05) is 6.07 Å². The van der Waals surface area contributed by atoms with E-state index in [2.05, 4.69) is 4.98 Å². The van der Waals surface area contributed by atoms with E-state index in [1.54, 1.807) is 0 Å². The first-order chi connectivity index (χ1) is 10.5.